The molecule has 8 heteroatoms. The highest BCUT2D eigenvalue weighted by Gasteiger charge is 2.23. The Hall–Kier alpha value is -2.84. The molecule has 0 radical (unpaired) electrons. The van der Waals surface area contributed by atoms with Crippen molar-refractivity contribution in [2.24, 2.45) is 0 Å². The van der Waals surface area contributed by atoms with E-state index in [1.807, 2.05) is 19.2 Å². The van der Waals surface area contributed by atoms with Gasteiger partial charge in [0.2, 0.25) is 0 Å². The first-order valence-corrected chi connectivity index (χ1v) is 10.5. The smallest absolute Gasteiger partial charge is 0.350 e. The number of nitrogens with one attached hydrogen (secondary N) is 1. The minimum absolute atomic E-state index is 0.102. The van der Waals surface area contributed by atoms with Crippen LogP contribution in [0.1, 0.15) is 45.5 Å². The van der Waals surface area contributed by atoms with E-state index in [9.17, 15) is 14.0 Å². The molecule has 1 amide bonds. The minimum Gasteiger partial charge on any atom is -0.465 e. The maximum absolute atomic E-state index is 14.0. The third-order valence-electron chi connectivity index (χ3n) is 4.67. The summed E-state index contributed by atoms with van der Waals surface area (Å²) in [6, 6.07) is 9.38. The van der Waals surface area contributed by atoms with Gasteiger partial charge in [0, 0.05) is 11.9 Å². The number of unbranched alkanes of at least 4 members (excludes halogenated alkanes) is 1. The second-order valence-electron chi connectivity index (χ2n) is 6.98. The lowest BCUT2D eigenvalue weighted by Gasteiger charge is -2.15. The number of nitrogens with zero attached hydrogens (tertiary/aromatic N) is 2. The lowest BCUT2D eigenvalue weighted by molar-refractivity contribution is 0.0607. The number of benzene rings is 1. The number of methoxy groups -OCH3 is 1. The van der Waals surface area contributed by atoms with Crippen molar-refractivity contribution >= 4 is 39.1 Å². The average Bonchev–Trinajstić information content (AvgIpc) is 3.09. The third-order valence-corrected chi connectivity index (χ3v) is 5.75. The Balaban J connectivity index is 1.95. The zero-order valence-corrected chi connectivity index (χ0v) is 18.0. The summed E-state index contributed by atoms with van der Waals surface area (Å²) < 4.78 is 18.9. The molecule has 1 aromatic carbocycles. The molecule has 158 valence electrons. The van der Waals surface area contributed by atoms with E-state index in [1.54, 1.807) is 6.07 Å². The van der Waals surface area contributed by atoms with Crippen LogP contribution in [0.2, 0.25) is 0 Å². The molecule has 0 bridgehead atoms. The molecule has 0 aliphatic rings. The molecule has 2 heterocycles. The molecular formula is C22H24FN3O3S. The van der Waals surface area contributed by atoms with Crippen LogP contribution in [0.4, 0.5) is 10.1 Å². The van der Waals surface area contributed by atoms with E-state index >= 15 is 0 Å². The van der Waals surface area contributed by atoms with Crippen LogP contribution < -0.4 is 5.32 Å². The fraction of sp³-hybridized carbons (Fsp3) is 0.318. The van der Waals surface area contributed by atoms with E-state index in [0.717, 1.165) is 36.4 Å². The van der Waals surface area contributed by atoms with Gasteiger partial charge in [-0.1, -0.05) is 25.5 Å². The summed E-state index contributed by atoms with van der Waals surface area (Å²) in [6.45, 7) is 3.80. The Bertz CT molecular complexity index is 1070. The van der Waals surface area contributed by atoms with Crippen LogP contribution in [0.5, 0.6) is 0 Å². The van der Waals surface area contributed by atoms with Crippen molar-refractivity contribution in [2.45, 2.75) is 26.3 Å². The number of aromatic nitrogens is 1. The molecule has 6 nitrogen and oxygen atoms in total. The van der Waals surface area contributed by atoms with Crippen molar-refractivity contribution in [3.8, 4) is 0 Å². The van der Waals surface area contributed by atoms with E-state index in [-0.39, 0.29) is 16.1 Å². The molecule has 3 rings (SSSR count). The summed E-state index contributed by atoms with van der Waals surface area (Å²) in [7, 11) is 3.31. The van der Waals surface area contributed by atoms with Crippen molar-refractivity contribution in [3.05, 3.63) is 58.3 Å². The van der Waals surface area contributed by atoms with Gasteiger partial charge in [0.25, 0.3) is 5.91 Å². The van der Waals surface area contributed by atoms with Crippen LogP contribution in [-0.2, 0) is 11.3 Å². The standard InChI is InChI=1S/C22H24FN3O3S/c1-4-5-12-26(2)13-14-10-11-16-18(19(22(28)29-3)30-21(16)24-14)25-20(27)15-8-6-7-9-17(15)23/h6-11H,4-5,12-13H2,1-3H3,(H,25,27). The zero-order chi connectivity index (χ0) is 21.7. The molecule has 3 aromatic rings. The maximum Gasteiger partial charge on any atom is 0.350 e. The van der Waals surface area contributed by atoms with Crippen molar-refractivity contribution in [1.29, 1.82) is 0 Å². The van der Waals surface area contributed by atoms with Gasteiger partial charge in [-0.05, 0) is 44.3 Å². The minimum atomic E-state index is -0.638. The van der Waals surface area contributed by atoms with E-state index in [2.05, 4.69) is 22.1 Å². The number of thiophene rings is 1. The van der Waals surface area contributed by atoms with Gasteiger partial charge in [0.05, 0.1) is 24.1 Å². The Morgan fingerprint density at radius 3 is 2.70 bits per heavy atom. The predicted molar refractivity (Wildman–Crippen MR) is 117 cm³/mol. The van der Waals surface area contributed by atoms with Crippen molar-refractivity contribution < 1.29 is 18.7 Å². The molecule has 0 saturated carbocycles. The number of hydrogen-bond donors (Lipinski definition) is 1. The SMILES string of the molecule is CCCCN(C)Cc1ccc2c(NC(=O)c3ccccc3F)c(C(=O)OC)sc2n1. The van der Waals surface area contributed by atoms with Gasteiger partial charge < -0.3 is 15.0 Å². The summed E-state index contributed by atoms with van der Waals surface area (Å²) in [4.78, 5) is 32.6. The monoisotopic (exact) mass is 429 g/mol. The Labute approximate surface area is 178 Å². The summed E-state index contributed by atoms with van der Waals surface area (Å²) in [5.74, 6) is -1.85. The number of rotatable bonds is 8. The van der Waals surface area contributed by atoms with Gasteiger partial charge >= 0.3 is 5.97 Å². The van der Waals surface area contributed by atoms with Crippen LogP contribution in [0, 0.1) is 5.82 Å². The number of anilines is 1. The molecule has 0 saturated heterocycles. The van der Waals surface area contributed by atoms with E-state index in [4.69, 9.17) is 4.74 Å². The van der Waals surface area contributed by atoms with Gasteiger partial charge in [-0.3, -0.25) is 4.79 Å². The lowest BCUT2D eigenvalue weighted by Crippen LogP contribution is -2.19. The molecular weight excluding hydrogens is 405 g/mol. The number of fused-ring (bicyclic) bond motifs is 1. The number of amides is 1. The zero-order valence-electron chi connectivity index (χ0n) is 17.2. The number of carbonyl (C=O) groups excluding carboxylic acids is 2. The van der Waals surface area contributed by atoms with Gasteiger partial charge in [0.15, 0.2) is 0 Å². The average molecular weight is 430 g/mol. The number of halogens is 1. The molecule has 1 N–H and O–H groups in total. The molecule has 0 aliphatic heterocycles. The molecule has 0 atom stereocenters. The Kier molecular flexibility index (Phi) is 7.12. The molecule has 0 aliphatic carbocycles. The molecule has 2 aromatic heterocycles. The largest absolute Gasteiger partial charge is 0.465 e. The summed E-state index contributed by atoms with van der Waals surface area (Å²) >= 11 is 1.14. The van der Waals surface area contributed by atoms with Crippen LogP contribution in [0.15, 0.2) is 36.4 Å². The third kappa shape index (κ3) is 4.83. The van der Waals surface area contributed by atoms with E-state index in [0.29, 0.717) is 16.8 Å². The number of ether oxygens (including phenoxy) is 1. The molecule has 0 spiro atoms. The first-order chi connectivity index (χ1) is 14.4. The van der Waals surface area contributed by atoms with Crippen molar-refractivity contribution in [2.75, 3.05) is 26.0 Å². The van der Waals surface area contributed by atoms with Gasteiger partial charge in [0.1, 0.15) is 15.5 Å². The number of esters is 1. The fourth-order valence-corrected chi connectivity index (χ4v) is 4.14. The Morgan fingerprint density at radius 2 is 2.00 bits per heavy atom. The lowest BCUT2D eigenvalue weighted by atomic mass is 10.1. The highest BCUT2D eigenvalue weighted by Crippen LogP contribution is 2.36. The van der Waals surface area contributed by atoms with Crippen LogP contribution >= 0.6 is 11.3 Å². The first-order valence-electron chi connectivity index (χ1n) is 9.69. The molecule has 30 heavy (non-hydrogen) atoms. The highest BCUT2D eigenvalue weighted by atomic mass is 32.1. The molecule has 0 unspecified atom stereocenters. The topological polar surface area (TPSA) is 71.5 Å². The normalized spacial score (nSPS) is 11.1. The van der Waals surface area contributed by atoms with Crippen LogP contribution in [0.3, 0.4) is 0 Å². The Morgan fingerprint density at radius 1 is 1.23 bits per heavy atom. The predicted octanol–water partition coefficient (Wildman–Crippen LogP) is 4.71. The highest BCUT2D eigenvalue weighted by molar-refractivity contribution is 7.21. The maximum atomic E-state index is 14.0. The quantitative estimate of drug-likeness (QED) is 0.525. The fourth-order valence-electron chi connectivity index (χ4n) is 3.08. The first kappa shape index (κ1) is 21.9. The second kappa shape index (κ2) is 9.77. The summed E-state index contributed by atoms with van der Waals surface area (Å²) in [5, 5.41) is 3.29. The number of pyridine rings is 1. The number of carbonyl (C=O) groups is 2. The van der Waals surface area contributed by atoms with E-state index in [1.165, 1.54) is 25.3 Å². The van der Waals surface area contributed by atoms with Crippen LogP contribution in [0.25, 0.3) is 10.2 Å². The van der Waals surface area contributed by atoms with Gasteiger partial charge in [-0.15, -0.1) is 11.3 Å². The van der Waals surface area contributed by atoms with Crippen molar-refractivity contribution in [1.82, 2.24) is 9.88 Å². The van der Waals surface area contributed by atoms with Crippen molar-refractivity contribution in [3.63, 3.8) is 0 Å². The van der Waals surface area contributed by atoms with Gasteiger partial charge in [-0.25, -0.2) is 14.2 Å². The summed E-state index contributed by atoms with van der Waals surface area (Å²) in [6.07, 6.45) is 2.23. The van der Waals surface area contributed by atoms with E-state index < -0.39 is 17.7 Å². The number of hydrogen-bond acceptors (Lipinski definition) is 6. The van der Waals surface area contributed by atoms with Gasteiger partial charge in [-0.2, -0.15) is 0 Å². The summed E-state index contributed by atoms with van der Waals surface area (Å²) in [5.41, 5.74) is 1.05. The molecule has 0 fully saturated rings. The van der Waals surface area contributed by atoms with Crippen LogP contribution in [-0.4, -0.2) is 42.5 Å². The second-order valence-corrected chi connectivity index (χ2v) is 7.98.